The normalized spacial score (nSPS) is 13.0. The minimum atomic E-state index is -0.385. The fraction of sp³-hybridized carbons (Fsp3) is 0.412. The van der Waals surface area contributed by atoms with Crippen molar-refractivity contribution in [2.45, 2.75) is 13.5 Å². The Balaban J connectivity index is 2.26. The number of para-hydroxylation sites is 1. The number of nitrogens with zero attached hydrogens (tertiary/aromatic N) is 2. The Kier molecular flexibility index (Phi) is 5.26. The molecule has 0 bridgehead atoms. The van der Waals surface area contributed by atoms with Gasteiger partial charge >= 0.3 is 12.1 Å². The van der Waals surface area contributed by atoms with E-state index in [1.165, 1.54) is 4.90 Å². The van der Waals surface area contributed by atoms with Gasteiger partial charge in [-0.15, -0.1) is 0 Å². The van der Waals surface area contributed by atoms with Crippen LogP contribution in [0.3, 0.4) is 0 Å². The van der Waals surface area contributed by atoms with Crippen molar-refractivity contribution in [2.24, 2.45) is 0 Å². The Morgan fingerprint density at radius 1 is 1.26 bits per heavy atom. The second-order valence-electron chi connectivity index (χ2n) is 5.55. The lowest BCUT2D eigenvalue weighted by atomic mass is 9.99. The summed E-state index contributed by atoms with van der Waals surface area (Å²) in [5.41, 5.74) is 3.40. The number of fused-ring (bicyclic) bond motifs is 1. The Morgan fingerprint density at radius 3 is 2.65 bits per heavy atom. The van der Waals surface area contributed by atoms with Crippen molar-refractivity contribution in [2.75, 3.05) is 39.2 Å². The van der Waals surface area contributed by atoms with Gasteiger partial charge in [0.25, 0.3) is 0 Å². The first-order chi connectivity index (χ1) is 10.9. The van der Waals surface area contributed by atoms with E-state index in [1.54, 1.807) is 21.0 Å². The highest BCUT2D eigenvalue weighted by Crippen LogP contribution is 2.32. The molecule has 1 heterocycles. The van der Waals surface area contributed by atoms with Gasteiger partial charge in [0, 0.05) is 33.3 Å². The van der Waals surface area contributed by atoms with Gasteiger partial charge in [0.15, 0.2) is 0 Å². The molecule has 0 atom stereocenters. The van der Waals surface area contributed by atoms with Crippen molar-refractivity contribution in [3.63, 3.8) is 0 Å². The molecule has 0 aliphatic carbocycles. The molecule has 124 valence electrons. The number of hydrogen-bond acceptors (Lipinski definition) is 5. The van der Waals surface area contributed by atoms with E-state index in [4.69, 9.17) is 9.47 Å². The molecular formula is C17H22N2O4. The van der Waals surface area contributed by atoms with Gasteiger partial charge in [0.05, 0.1) is 17.9 Å². The van der Waals surface area contributed by atoms with Gasteiger partial charge in [-0.05, 0) is 18.6 Å². The first-order valence-electron chi connectivity index (χ1n) is 7.48. The monoisotopic (exact) mass is 318 g/mol. The van der Waals surface area contributed by atoms with Crippen molar-refractivity contribution in [3.05, 3.63) is 34.9 Å². The molecule has 23 heavy (non-hydrogen) atoms. The zero-order chi connectivity index (χ0) is 17.0. The molecular weight excluding hydrogens is 296 g/mol. The maximum Gasteiger partial charge on any atom is 0.409 e. The summed E-state index contributed by atoms with van der Waals surface area (Å²) < 4.78 is 10.3. The smallest absolute Gasteiger partial charge is 0.409 e. The third-order valence-corrected chi connectivity index (χ3v) is 3.52. The predicted octanol–water partition coefficient (Wildman–Crippen LogP) is 2.28. The lowest BCUT2D eigenvalue weighted by Crippen LogP contribution is -2.29. The van der Waals surface area contributed by atoms with Crippen LogP contribution in [0.1, 0.15) is 18.1 Å². The summed E-state index contributed by atoms with van der Waals surface area (Å²) in [6.45, 7) is 2.79. The molecule has 6 heteroatoms. The van der Waals surface area contributed by atoms with Crippen LogP contribution < -0.4 is 4.90 Å². The number of ether oxygens (including phenoxy) is 2. The lowest BCUT2D eigenvalue weighted by molar-refractivity contribution is -0.138. The van der Waals surface area contributed by atoms with Crippen LogP contribution in [0.25, 0.3) is 6.08 Å². The van der Waals surface area contributed by atoms with Gasteiger partial charge in [-0.25, -0.2) is 9.59 Å². The SMILES string of the molecule is CCOC(=O)C1=Cc2cccc(COC(=O)N(C)C)c2N(C)C1. The molecule has 1 aromatic rings. The average Bonchev–Trinajstić information content (AvgIpc) is 2.52. The first-order valence-corrected chi connectivity index (χ1v) is 7.48. The molecule has 6 nitrogen and oxygen atoms in total. The Hall–Kier alpha value is -2.50. The molecule has 0 N–H and O–H groups in total. The largest absolute Gasteiger partial charge is 0.463 e. The van der Waals surface area contributed by atoms with Gasteiger partial charge in [0.1, 0.15) is 6.61 Å². The van der Waals surface area contributed by atoms with Gasteiger partial charge in [-0.3, -0.25) is 0 Å². The molecule has 0 saturated carbocycles. The van der Waals surface area contributed by atoms with E-state index in [-0.39, 0.29) is 18.7 Å². The molecule has 0 fully saturated rings. The minimum Gasteiger partial charge on any atom is -0.463 e. The summed E-state index contributed by atoms with van der Waals surface area (Å²) in [5, 5.41) is 0. The molecule has 0 aromatic heterocycles. The molecule has 1 aliphatic rings. The van der Waals surface area contributed by atoms with E-state index >= 15 is 0 Å². The topological polar surface area (TPSA) is 59.1 Å². The number of hydrogen-bond donors (Lipinski definition) is 0. The van der Waals surface area contributed by atoms with Crippen LogP contribution in [0, 0.1) is 0 Å². The highest BCUT2D eigenvalue weighted by Gasteiger charge is 2.23. The number of amides is 1. The summed E-state index contributed by atoms with van der Waals surface area (Å²) in [6.07, 6.45) is 1.45. The van der Waals surface area contributed by atoms with Crippen LogP contribution in [0.15, 0.2) is 23.8 Å². The fourth-order valence-corrected chi connectivity index (χ4v) is 2.49. The first kappa shape index (κ1) is 16.9. The van der Waals surface area contributed by atoms with Gasteiger partial charge < -0.3 is 19.3 Å². The predicted molar refractivity (Wildman–Crippen MR) is 88.2 cm³/mol. The molecule has 1 aliphatic heterocycles. The Morgan fingerprint density at radius 2 is 2.00 bits per heavy atom. The second kappa shape index (κ2) is 7.17. The highest BCUT2D eigenvalue weighted by molar-refractivity contribution is 5.97. The summed E-state index contributed by atoms with van der Waals surface area (Å²) >= 11 is 0. The van der Waals surface area contributed by atoms with E-state index in [2.05, 4.69) is 0 Å². The number of benzene rings is 1. The molecule has 1 amide bonds. The summed E-state index contributed by atoms with van der Waals surface area (Å²) in [5.74, 6) is -0.297. The van der Waals surface area contributed by atoms with Crippen LogP contribution in [0.4, 0.5) is 10.5 Å². The van der Waals surface area contributed by atoms with Crippen LogP contribution in [-0.2, 0) is 20.9 Å². The zero-order valence-electron chi connectivity index (χ0n) is 14.0. The number of esters is 1. The minimum absolute atomic E-state index is 0.188. The molecule has 0 spiro atoms. The van der Waals surface area contributed by atoms with Crippen molar-refractivity contribution < 1.29 is 19.1 Å². The molecule has 1 aromatic carbocycles. The third kappa shape index (κ3) is 3.83. The number of carbonyl (C=O) groups is 2. The fourth-order valence-electron chi connectivity index (χ4n) is 2.49. The summed E-state index contributed by atoms with van der Waals surface area (Å²) in [6, 6.07) is 5.74. The van der Waals surface area contributed by atoms with Crippen molar-refractivity contribution in [1.29, 1.82) is 0 Å². The van der Waals surface area contributed by atoms with E-state index in [0.29, 0.717) is 18.7 Å². The maximum absolute atomic E-state index is 11.9. The van der Waals surface area contributed by atoms with Gasteiger partial charge in [-0.1, -0.05) is 18.2 Å². The summed E-state index contributed by atoms with van der Waals surface area (Å²) in [7, 11) is 5.19. The van der Waals surface area contributed by atoms with Crippen LogP contribution in [0.5, 0.6) is 0 Å². The number of rotatable bonds is 4. The summed E-state index contributed by atoms with van der Waals surface area (Å²) in [4.78, 5) is 26.9. The van der Waals surface area contributed by atoms with Crippen molar-refractivity contribution in [3.8, 4) is 0 Å². The molecule has 0 unspecified atom stereocenters. The van der Waals surface area contributed by atoms with Crippen LogP contribution in [0.2, 0.25) is 0 Å². The standard InChI is InChI=1S/C17H22N2O4/c1-5-22-16(20)14-9-12-7-6-8-13(15(12)19(4)10-14)11-23-17(21)18(2)3/h6-9H,5,10-11H2,1-4H3. The Bertz CT molecular complexity index is 637. The number of likely N-dealkylation sites (N-methyl/N-ethyl adjacent to an activating group) is 1. The maximum atomic E-state index is 11.9. The van der Waals surface area contributed by atoms with Crippen LogP contribution in [-0.4, -0.2) is 51.3 Å². The molecule has 2 rings (SSSR count). The lowest BCUT2D eigenvalue weighted by Gasteiger charge is -2.29. The van der Waals surface area contributed by atoms with Gasteiger partial charge in [-0.2, -0.15) is 0 Å². The third-order valence-electron chi connectivity index (χ3n) is 3.52. The Labute approximate surface area is 136 Å². The van der Waals surface area contributed by atoms with Crippen LogP contribution >= 0.6 is 0 Å². The second-order valence-corrected chi connectivity index (χ2v) is 5.55. The van der Waals surface area contributed by atoms with E-state index < -0.39 is 0 Å². The van der Waals surface area contributed by atoms with E-state index in [0.717, 1.165) is 16.8 Å². The average molecular weight is 318 g/mol. The van der Waals surface area contributed by atoms with Gasteiger partial charge in [0.2, 0.25) is 0 Å². The molecule has 0 radical (unpaired) electrons. The number of anilines is 1. The van der Waals surface area contributed by atoms with E-state index in [9.17, 15) is 9.59 Å². The van der Waals surface area contributed by atoms with Crippen molar-refractivity contribution in [1.82, 2.24) is 4.90 Å². The zero-order valence-corrected chi connectivity index (χ0v) is 14.0. The highest BCUT2D eigenvalue weighted by atomic mass is 16.6. The van der Waals surface area contributed by atoms with Crippen molar-refractivity contribution >= 4 is 23.8 Å². The number of carbonyl (C=O) groups excluding carboxylic acids is 2. The van der Waals surface area contributed by atoms with E-state index in [1.807, 2.05) is 36.2 Å². The quantitative estimate of drug-likeness (QED) is 0.797. The molecule has 0 saturated heterocycles.